The van der Waals surface area contributed by atoms with E-state index < -0.39 is 0 Å². The second-order valence-electron chi connectivity index (χ2n) is 4.59. The van der Waals surface area contributed by atoms with Gasteiger partial charge in [0.1, 0.15) is 11.5 Å². The molecule has 0 spiro atoms. The Morgan fingerprint density at radius 3 is 2.86 bits per heavy atom. The number of aryl methyl sites for hydroxylation is 2. The van der Waals surface area contributed by atoms with Gasteiger partial charge in [-0.25, -0.2) is 9.97 Å². The van der Waals surface area contributed by atoms with Crippen molar-refractivity contribution in [2.24, 2.45) is 0 Å². The van der Waals surface area contributed by atoms with Gasteiger partial charge in [-0.2, -0.15) is 0 Å². The minimum atomic E-state index is -0.254. The third-order valence-corrected chi connectivity index (χ3v) is 4.77. The molecule has 0 aromatic carbocycles. The van der Waals surface area contributed by atoms with Crippen LogP contribution in [0, 0.1) is 13.8 Å². The van der Waals surface area contributed by atoms with Crippen molar-refractivity contribution in [1.29, 1.82) is 0 Å². The molecule has 0 saturated carbocycles. The van der Waals surface area contributed by atoms with Crippen LogP contribution in [0.3, 0.4) is 0 Å². The highest BCUT2D eigenvalue weighted by Crippen LogP contribution is 2.22. The zero-order valence-corrected chi connectivity index (χ0v) is 13.7. The Labute approximate surface area is 135 Å². The SMILES string of the molecule is Cc1nc(NC(=O)c2csc(NCc3ccco3)n2)sc1C. The lowest BCUT2D eigenvalue weighted by atomic mass is 10.4. The van der Waals surface area contributed by atoms with E-state index in [4.69, 9.17) is 4.42 Å². The van der Waals surface area contributed by atoms with Crippen LogP contribution in [0.4, 0.5) is 10.3 Å². The number of aromatic nitrogens is 2. The molecule has 0 fully saturated rings. The Hall–Kier alpha value is -2.19. The molecule has 0 aliphatic carbocycles. The monoisotopic (exact) mass is 334 g/mol. The molecule has 8 heteroatoms. The number of thiazole rings is 2. The zero-order valence-electron chi connectivity index (χ0n) is 12.0. The second kappa shape index (κ2) is 6.29. The fraction of sp³-hybridized carbons (Fsp3) is 0.214. The summed E-state index contributed by atoms with van der Waals surface area (Å²) in [6.07, 6.45) is 1.62. The van der Waals surface area contributed by atoms with E-state index in [0.29, 0.717) is 22.5 Å². The van der Waals surface area contributed by atoms with Crippen LogP contribution in [0.2, 0.25) is 0 Å². The summed E-state index contributed by atoms with van der Waals surface area (Å²) in [5.74, 6) is 0.561. The highest BCUT2D eigenvalue weighted by molar-refractivity contribution is 7.16. The maximum Gasteiger partial charge on any atom is 0.276 e. The third kappa shape index (κ3) is 3.34. The molecule has 22 heavy (non-hydrogen) atoms. The van der Waals surface area contributed by atoms with Crippen LogP contribution in [0.25, 0.3) is 0 Å². The van der Waals surface area contributed by atoms with Gasteiger partial charge in [0.2, 0.25) is 0 Å². The van der Waals surface area contributed by atoms with Crippen molar-refractivity contribution >= 4 is 38.8 Å². The number of amides is 1. The van der Waals surface area contributed by atoms with Crippen LogP contribution >= 0.6 is 22.7 Å². The van der Waals surface area contributed by atoms with E-state index in [-0.39, 0.29) is 5.91 Å². The Morgan fingerprint density at radius 2 is 2.18 bits per heavy atom. The van der Waals surface area contributed by atoms with Crippen LogP contribution in [-0.2, 0) is 6.54 Å². The summed E-state index contributed by atoms with van der Waals surface area (Å²) < 4.78 is 5.23. The van der Waals surface area contributed by atoms with E-state index in [1.807, 2.05) is 26.0 Å². The molecular weight excluding hydrogens is 320 g/mol. The predicted octanol–water partition coefficient (Wildman–Crippen LogP) is 3.67. The molecule has 114 valence electrons. The van der Waals surface area contributed by atoms with Crippen LogP contribution in [-0.4, -0.2) is 15.9 Å². The molecular formula is C14H14N4O2S2. The number of carbonyl (C=O) groups excluding carboxylic acids is 1. The van der Waals surface area contributed by atoms with E-state index in [1.54, 1.807) is 11.6 Å². The first kappa shape index (κ1) is 14.7. The van der Waals surface area contributed by atoms with Crippen molar-refractivity contribution in [3.05, 3.63) is 45.8 Å². The van der Waals surface area contributed by atoms with Crippen molar-refractivity contribution in [3.8, 4) is 0 Å². The van der Waals surface area contributed by atoms with Crippen molar-refractivity contribution < 1.29 is 9.21 Å². The maximum absolute atomic E-state index is 12.1. The maximum atomic E-state index is 12.1. The van der Waals surface area contributed by atoms with Gasteiger partial charge in [-0.05, 0) is 26.0 Å². The molecule has 0 radical (unpaired) electrons. The number of furan rings is 1. The zero-order chi connectivity index (χ0) is 15.5. The van der Waals surface area contributed by atoms with E-state index in [9.17, 15) is 4.79 Å². The van der Waals surface area contributed by atoms with Gasteiger partial charge in [0, 0.05) is 10.3 Å². The first-order valence-electron chi connectivity index (χ1n) is 6.59. The van der Waals surface area contributed by atoms with Crippen LogP contribution in [0.5, 0.6) is 0 Å². The lowest BCUT2D eigenvalue weighted by Crippen LogP contribution is -2.12. The largest absolute Gasteiger partial charge is 0.467 e. The first-order valence-corrected chi connectivity index (χ1v) is 8.28. The summed E-state index contributed by atoms with van der Waals surface area (Å²) >= 11 is 2.83. The molecule has 1 amide bonds. The number of hydrogen-bond donors (Lipinski definition) is 2. The predicted molar refractivity (Wildman–Crippen MR) is 87.7 cm³/mol. The molecule has 3 heterocycles. The van der Waals surface area contributed by atoms with Gasteiger partial charge in [-0.1, -0.05) is 0 Å². The van der Waals surface area contributed by atoms with E-state index in [2.05, 4.69) is 20.6 Å². The average molecular weight is 334 g/mol. The Morgan fingerprint density at radius 1 is 1.32 bits per heavy atom. The third-order valence-electron chi connectivity index (χ3n) is 2.98. The molecule has 3 aromatic rings. The number of anilines is 2. The summed E-state index contributed by atoms with van der Waals surface area (Å²) in [6, 6.07) is 3.71. The molecule has 0 aliphatic heterocycles. The Bertz CT molecular complexity index is 757. The van der Waals surface area contributed by atoms with E-state index in [0.717, 1.165) is 16.3 Å². The molecule has 0 saturated heterocycles. The molecule has 6 nitrogen and oxygen atoms in total. The highest BCUT2D eigenvalue weighted by Gasteiger charge is 2.13. The summed E-state index contributed by atoms with van der Waals surface area (Å²) in [4.78, 5) is 21.8. The molecule has 0 atom stereocenters. The van der Waals surface area contributed by atoms with Crippen molar-refractivity contribution in [2.75, 3.05) is 10.6 Å². The molecule has 3 rings (SSSR count). The number of nitrogens with one attached hydrogen (secondary N) is 2. The van der Waals surface area contributed by atoms with Gasteiger partial charge in [-0.15, -0.1) is 22.7 Å². The van der Waals surface area contributed by atoms with E-state index in [1.165, 1.54) is 22.7 Å². The minimum Gasteiger partial charge on any atom is -0.467 e. The van der Waals surface area contributed by atoms with Crippen molar-refractivity contribution in [3.63, 3.8) is 0 Å². The lowest BCUT2D eigenvalue weighted by Gasteiger charge is -1.99. The number of hydrogen-bond acceptors (Lipinski definition) is 7. The van der Waals surface area contributed by atoms with Crippen LogP contribution in [0.1, 0.15) is 26.8 Å². The minimum absolute atomic E-state index is 0.254. The summed E-state index contributed by atoms with van der Waals surface area (Å²) in [5.41, 5.74) is 1.30. The topological polar surface area (TPSA) is 80.0 Å². The van der Waals surface area contributed by atoms with Crippen LogP contribution in [0.15, 0.2) is 28.2 Å². The smallest absolute Gasteiger partial charge is 0.276 e. The van der Waals surface area contributed by atoms with Gasteiger partial charge in [0.25, 0.3) is 5.91 Å². The molecule has 0 bridgehead atoms. The lowest BCUT2D eigenvalue weighted by molar-refractivity contribution is 0.102. The van der Waals surface area contributed by atoms with Crippen molar-refractivity contribution in [2.45, 2.75) is 20.4 Å². The molecule has 0 aliphatic rings. The number of carbonyl (C=O) groups is 1. The van der Waals surface area contributed by atoms with Gasteiger partial charge in [0.05, 0.1) is 18.5 Å². The average Bonchev–Trinajstić information content (AvgIpc) is 3.20. The Kier molecular flexibility index (Phi) is 4.21. The summed E-state index contributed by atoms with van der Waals surface area (Å²) in [5, 5.41) is 8.87. The highest BCUT2D eigenvalue weighted by atomic mass is 32.1. The fourth-order valence-electron chi connectivity index (χ4n) is 1.72. The first-order chi connectivity index (χ1) is 10.6. The van der Waals surface area contributed by atoms with Gasteiger partial charge in [-0.3, -0.25) is 10.1 Å². The standard InChI is InChI=1S/C14H14N4O2S2/c1-8-9(2)22-14(16-8)18-12(19)11-7-21-13(17-11)15-6-10-4-3-5-20-10/h3-5,7H,6H2,1-2H3,(H,15,17)(H,16,18,19). The normalized spacial score (nSPS) is 10.6. The molecule has 2 N–H and O–H groups in total. The number of nitrogens with zero attached hydrogens (tertiary/aromatic N) is 2. The van der Waals surface area contributed by atoms with Crippen molar-refractivity contribution in [1.82, 2.24) is 9.97 Å². The molecule has 3 aromatic heterocycles. The summed E-state index contributed by atoms with van der Waals surface area (Å²) in [6.45, 7) is 4.43. The number of rotatable bonds is 5. The Balaban J connectivity index is 1.61. The van der Waals surface area contributed by atoms with Crippen LogP contribution < -0.4 is 10.6 Å². The quantitative estimate of drug-likeness (QED) is 0.744. The van der Waals surface area contributed by atoms with Gasteiger partial charge in [0.15, 0.2) is 10.3 Å². The second-order valence-corrected chi connectivity index (χ2v) is 6.65. The molecule has 0 unspecified atom stereocenters. The van der Waals surface area contributed by atoms with Gasteiger partial charge >= 0.3 is 0 Å². The fourth-order valence-corrected chi connectivity index (χ4v) is 3.22. The summed E-state index contributed by atoms with van der Waals surface area (Å²) in [7, 11) is 0. The van der Waals surface area contributed by atoms with E-state index >= 15 is 0 Å². The van der Waals surface area contributed by atoms with Gasteiger partial charge < -0.3 is 9.73 Å².